The van der Waals surface area contributed by atoms with E-state index in [1.165, 1.54) is 4.90 Å². The number of oxime groups is 1. The molecular weight excluding hydrogens is 402 g/mol. The lowest BCUT2D eigenvalue weighted by Crippen LogP contribution is -2.15. The fourth-order valence-electron chi connectivity index (χ4n) is 3.14. The summed E-state index contributed by atoms with van der Waals surface area (Å²) in [4.78, 5) is 20.9. The van der Waals surface area contributed by atoms with Crippen LogP contribution in [0.5, 0.6) is 0 Å². The summed E-state index contributed by atoms with van der Waals surface area (Å²) in [5.41, 5.74) is 2.18. The van der Waals surface area contributed by atoms with Crippen LogP contribution in [0.25, 0.3) is 0 Å². The molecule has 4 heteroatoms. The summed E-state index contributed by atoms with van der Waals surface area (Å²) in [6.07, 6.45) is 4.99. The monoisotopic (exact) mass is 431 g/mol. The molecule has 3 aromatic rings. The molecule has 0 unspecified atom stereocenters. The zero-order valence-electron chi connectivity index (χ0n) is 18.0. The molecule has 0 aliphatic carbocycles. The highest BCUT2D eigenvalue weighted by molar-refractivity contribution is 7.99. The third-order valence-electron chi connectivity index (χ3n) is 4.87. The molecule has 3 rings (SSSR count). The lowest BCUT2D eigenvalue weighted by atomic mass is 10.0. The van der Waals surface area contributed by atoms with E-state index >= 15 is 0 Å². The molecular formula is C27H29NO2S. The van der Waals surface area contributed by atoms with Crippen molar-refractivity contribution in [1.29, 1.82) is 0 Å². The molecule has 0 aliphatic heterocycles. The van der Waals surface area contributed by atoms with Gasteiger partial charge >= 0.3 is 0 Å². The fourth-order valence-corrected chi connectivity index (χ4v) is 3.98. The summed E-state index contributed by atoms with van der Waals surface area (Å²) in [6.45, 7) is 2.54. The van der Waals surface area contributed by atoms with Crippen LogP contribution in [0.2, 0.25) is 0 Å². The van der Waals surface area contributed by atoms with Gasteiger partial charge in [0.25, 0.3) is 0 Å². The molecule has 3 aromatic carbocycles. The minimum Gasteiger partial charge on any atom is -0.391 e. The van der Waals surface area contributed by atoms with Crippen molar-refractivity contribution >= 4 is 23.3 Å². The van der Waals surface area contributed by atoms with Gasteiger partial charge in [-0.3, -0.25) is 4.79 Å². The van der Waals surface area contributed by atoms with Crippen LogP contribution in [0.3, 0.4) is 0 Å². The van der Waals surface area contributed by atoms with Crippen molar-refractivity contribution in [2.24, 2.45) is 5.16 Å². The SMILES string of the molecule is CCCCCC/C(=N\OCc1ccccc1)C(=O)c1ccc(Sc2ccccc2)cc1. The van der Waals surface area contributed by atoms with E-state index in [2.05, 4.69) is 24.2 Å². The lowest BCUT2D eigenvalue weighted by Gasteiger charge is -2.08. The van der Waals surface area contributed by atoms with Gasteiger partial charge in [0.15, 0.2) is 0 Å². The molecule has 0 aromatic heterocycles. The summed E-state index contributed by atoms with van der Waals surface area (Å²) in [5.74, 6) is -0.0548. The van der Waals surface area contributed by atoms with E-state index in [1.54, 1.807) is 11.8 Å². The number of carbonyl (C=O) groups excluding carboxylic acids is 1. The Hall–Kier alpha value is -2.85. The highest BCUT2D eigenvalue weighted by atomic mass is 32.2. The van der Waals surface area contributed by atoms with E-state index < -0.39 is 0 Å². The van der Waals surface area contributed by atoms with Gasteiger partial charge in [0.05, 0.1) is 0 Å². The Morgan fingerprint density at radius 1 is 0.806 bits per heavy atom. The van der Waals surface area contributed by atoms with Crippen molar-refractivity contribution in [2.45, 2.75) is 55.4 Å². The molecule has 160 valence electrons. The minimum atomic E-state index is -0.0548. The first-order valence-electron chi connectivity index (χ1n) is 10.9. The Labute approximate surface area is 189 Å². The number of nitrogens with zero attached hydrogens (tertiary/aromatic N) is 1. The van der Waals surface area contributed by atoms with Crippen LogP contribution >= 0.6 is 11.8 Å². The third-order valence-corrected chi connectivity index (χ3v) is 5.89. The summed E-state index contributed by atoms with van der Waals surface area (Å²) >= 11 is 1.68. The van der Waals surface area contributed by atoms with E-state index in [4.69, 9.17) is 4.84 Å². The molecule has 0 atom stereocenters. The van der Waals surface area contributed by atoms with Gasteiger partial charge in [-0.05, 0) is 54.8 Å². The fraction of sp³-hybridized carbons (Fsp3) is 0.259. The van der Waals surface area contributed by atoms with Gasteiger partial charge in [0.1, 0.15) is 12.3 Å². The number of rotatable bonds is 12. The number of hydrogen-bond acceptors (Lipinski definition) is 4. The summed E-state index contributed by atoms with van der Waals surface area (Å²) < 4.78 is 0. The predicted octanol–water partition coefficient (Wildman–Crippen LogP) is 7.56. The first-order chi connectivity index (χ1) is 15.3. The standard InChI is InChI=1S/C27H29NO2S/c1-2-3-4-11-16-26(28-30-21-22-12-7-5-8-13-22)27(29)23-17-19-25(20-18-23)31-24-14-9-6-10-15-24/h5-10,12-15,17-20H,2-4,11,16,21H2,1H3/b28-26+. The van der Waals surface area contributed by atoms with Crippen molar-refractivity contribution in [3.05, 3.63) is 96.1 Å². The second kappa shape index (κ2) is 12.8. The zero-order chi connectivity index (χ0) is 21.7. The molecule has 0 aliphatic rings. The second-order valence-electron chi connectivity index (χ2n) is 7.38. The van der Waals surface area contributed by atoms with Gasteiger partial charge in [-0.1, -0.05) is 91.6 Å². The van der Waals surface area contributed by atoms with Crippen LogP contribution in [0.15, 0.2) is 99.9 Å². The Kier molecular flexibility index (Phi) is 9.39. The summed E-state index contributed by atoms with van der Waals surface area (Å²) in [7, 11) is 0. The van der Waals surface area contributed by atoms with E-state index in [-0.39, 0.29) is 5.78 Å². The van der Waals surface area contributed by atoms with E-state index in [1.807, 2.05) is 72.8 Å². The molecule has 0 saturated heterocycles. The molecule has 0 heterocycles. The molecule has 0 N–H and O–H groups in total. The van der Waals surface area contributed by atoms with Crippen molar-refractivity contribution in [3.63, 3.8) is 0 Å². The number of carbonyl (C=O) groups is 1. The maximum atomic E-state index is 13.1. The molecule has 0 bridgehead atoms. The Morgan fingerprint density at radius 2 is 1.45 bits per heavy atom. The summed E-state index contributed by atoms with van der Waals surface area (Å²) in [5, 5.41) is 4.25. The smallest absolute Gasteiger partial charge is 0.210 e. The van der Waals surface area contributed by atoms with Crippen LogP contribution < -0.4 is 0 Å². The summed E-state index contributed by atoms with van der Waals surface area (Å²) in [6, 6.07) is 27.8. The van der Waals surface area contributed by atoms with Gasteiger partial charge in [-0.2, -0.15) is 0 Å². The maximum absolute atomic E-state index is 13.1. The van der Waals surface area contributed by atoms with Gasteiger partial charge in [-0.25, -0.2) is 0 Å². The van der Waals surface area contributed by atoms with E-state index in [0.717, 1.165) is 36.1 Å². The van der Waals surface area contributed by atoms with Gasteiger partial charge < -0.3 is 4.84 Å². The number of ketones is 1. The number of Topliss-reactive ketones (excluding diaryl/α,β-unsaturated/α-hetero) is 1. The van der Waals surface area contributed by atoms with Crippen molar-refractivity contribution in [3.8, 4) is 0 Å². The molecule has 0 amide bonds. The molecule has 3 nitrogen and oxygen atoms in total. The number of hydrogen-bond donors (Lipinski definition) is 0. The zero-order valence-corrected chi connectivity index (χ0v) is 18.8. The molecule has 0 saturated carbocycles. The lowest BCUT2D eigenvalue weighted by molar-refractivity contribution is 0.103. The van der Waals surface area contributed by atoms with Crippen molar-refractivity contribution < 1.29 is 9.63 Å². The molecule has 0 spiro atoms. The van der Waals surface area contributed by atoms with E-state index in [9.17, 15) is 4.79 Å². The van der Waals surface area contributed by atoms with Crippen LogP contribution in [0.1, 0.15) is 54.9 Å². The first-order valence-corrected chi connectivity index (χ1v) is 11.7. The van der Waals surface area contributed by atoms with Crippen LogP contribution in [0, 0.1) is 0 Å². The van der Waals surface area contributed by atoms with Crippen molar-refractivity contribution in [1.82, 2.24) is 0 Å². The topological polar surface area (TPSA) is 38.7 Å². The molecule has 0 radical (unpaired) electrons. The molecule has 0 fully saturated rings. The Morgan fingerprint density at radius 3 is 2.13 bits per heavy atom. The van der Waals surface area contributed by atoms with Gasteiger partial charge in [-0.15, -0.1) is 0 Å². The highest BCUT2D eigenvalue weighted by Crippen LogP contribution is 2.27. The maximum Gasteiger partial charge on any atom is 0.210 e. The van der Waals surface area contributed by atoms with Crippen molar-refractivity contribution in [2.75, 3.05) is 0 Å². The Balaban J connectivity index is 1.66. The first kappa shape index (κ1) is 22.8. The average Bonchev–Trinajstić information content (AvgIpc) is 2.82. The number of unbranched alkanes of at least 4 members (excludes halogenated alkanes) is 3. The predicted molar refractivity (Wildman–Crippen MR) is 129 cm³/mol. The minimum absolute atomic E-state index is 0.0548. The van der Waals surface area contributed by atoms with Crippen LogP contribution in [0.4, 0.5) is 0 Å². The van der Waals surface area contributed by atoms with Crippen LogP contribution in [-0.4, -0.2) is 11.5 Å². The largest absolute Gasteiger partial charge is 0.391 e. The number of benzene rings is 3. The average molecular weight is 432 g/mol. The normalized spacial score (nSPS) is 11.3. The van der Waals surface area contributed by atoms with Crippen LogP contribution in [-0.2, 0) is 11.4 Å². The molecule has 31 heavy (non-hydrogen) atoms. The van der Waals surface area contributed by atoms with Gasteiger partial charge in [0, 0.05) is 15.4 Å². The highest BCUT2D eigenvalue weighted by Gasteiger charge is 2.15. The third kappa shape index (κ3) is 7.72. The van der Waals surface area contributed by atoms with E-state index in [0.29, 0.717) is 24.3 Å². The quantitative estimate of drug-likeness (QED) is 0.128. The Bertz CT molecular complexity index is 954. The second-order valence-corrected chi connectivity index (χ2v) is 8.52. The van der Waals surface area contributed by atoms with Gasteiger partial charge in [0.2, 0.25) is 5.78 Å².